The summed E-state index contributed by atoms with van der Waals surface area (Å²) in [6.07, 6.45) is 0.187. The number of hydrogen-bond donors (Lipinski definition) is 1. The van der Waals surface area contributed by atoms with Crippen LogP contribution in [0.3, 0.4) is 0 Å². The van der Waals surface area contributed by atoms with Gasteiger partial charge in [0.2, 0.25) is 0 Å². The molecule has 0 fully saturated rings. The van der Waals surface area contributed by atoms with Crippen molar-refractivity contribution in [1.29, 1.82) is 0 Å². The first kappa shape index (κ1) is 24.7. The van der Waals surface area contributed by atoms with Gasteiger partial charge in [-0.25, -0.2) is 4.79 Å². The Hall–Kier alpha value is -1.28. The van der Waals surface area contributed by atoms with E-state index in [1.165, 1.54) is 0 Å². The molecule has 9 heteroatoms. The molecule has 26 heavy (non-hydrogen) atoms. The number of halogens is 1. The number of rotatable bonds is 10. The van der Waals surface area contributed by atoms with Crippen LogP contribution < -0.4 is 40.0 Å². The molecule has 0 aliphatic heterocycles. The fourth-order valence-electron chi connectivity index (χ4n) is 2.03. The molecule has 1 unspecified atom stereocenters. The van der Waals surface area contributed by atoms with E-state index in [4.69, 9.17) is 21.1 Å². The second kappa shape index (κ2) is 13.9. The number of benzene rings is 1. The smallest absolute Gasteiger partial charge is 0.550 e. The Morgan fingerprint density at radius 2 is 1.73 bits per heavy atom. The van der Waals surface area contributed by atoms with Crippen molar-refractivity contribution < 1.29 is 58.5 Å². The van der Waals surface area contributed by atoms with Gasteiger partial charge in [0.15, 0.2) is 0 Å². The average Bonchev–Trinajstić information content (AvgIpc) is 2.56. The van der Waals surface area contributed by atoms with Crippen LogP contribution in [-0.4, -0.2) is 31.2 Å². The SMILES string of the molecule is CCCC(=O)OCCOC(=O)NC(CCC(=O)[O-])c1ccc(Cl)cc1.[Na+]. The standard InChI is InChI=1S/C17H22ClNO6.Na/c1-2-3-16(22)24-10-11-25-17(23)19-14(8-9-15(20)21)12-4-6-13(18)7-5-12;/h4-7,14H,2-3,8-11H2,1H3,(H,19,23)(H,20,21);/q;+1/p-1. The maximum absolute atomic E-state index is 11.8. The average molecular weight is 394 g/mol. The molecule has 0 aliphatic rings. The second-order valence-electron chi connectivity index (χ2n) is 5.27. The minimum Gasteiger partial charge on any atom is -0.550 e. The van der Waals surface area contributed by atoms with Crippen LogP contribution >= 0.6 is 11.6 Å². The van der Waals surface area contributed by atoms with Gasteiger partial charge in [-0.05, 0) is 37.0 Å². The van der Waals surface area contributed by atoms with Gasteiger partial charge < -0.3 is 24.7 Å². The van der Waals surface area contributed by atoms with Gasteiger partial charge in [0, 0.05) is 17.4 Å². The topological polar surface area (TPSA) is 105 Å². The summed E-state index contributed by atoms with van der Waals surface area (Å²) in [4.78, 5) is 33.7. The first-order valence-corrected chi connectivity index (χ1v) is 8.34. The molecule has 0 spiro atoms. The molecule has 1 rings (SSSR count). The van der Waals surface area contributed by atoms with Gasteiger partial charge in [0.25, 0.3) is 0 Å². The van der Waals surface area contributed by atoms with Crippen molar-refractivity contribution in [1.82, 2.24) is 5.32 Å². The molecule has 1 atom stereocenters. The fraction of sp³-hybridized carbons (Fsp3) is 0.471. The fourth-order valence-corrected chi connectivity index (χ4v) is 2.16. The number of esters is 1. The van der Waals surface area contributed by atoms with Crippen LogP contribution in [0.1, 0.15) is 44.2 Å². The van der Waals surface area contributed by atoms with Crippen LogP contribution in [0.4, 0.5) is 4.79 Å². The third kappa shape index (κ3) is 10.7. The van der Waals surface area contributed by atoms with Gasteiger partial charge in [-0.2, -0.15) is 0 Å². The predicted molar refractivity (Wildman–Crippen MR) is 88.8 cm³/mol. The zero-order valence-electron chi connectivity index (χ0n) is 15.0. The maximum atomic E-state index is 11.8. The number of carbonyl (C=O) groups excluding carboxylic acids is 3. The number of amides is 1. The van der Waals surface area contributed by atoms with Crippen LogP contribution in [-0.2, 0) is 19.1 Å². The van der Waals surface area contributed by atoms with E-state index in [2.05, 4.69) is 5.32 Å². The molecular weight excluding hydrogens is 373 g/mol. The molecule has 0 radical (unpaired) electrons. The van der Waals surface area contributed by atoms with Crippen LogP contribution in [0.15, 0.2) is 24.3 Å². The van der Waals surface area contributed by atoms with Crippen molar-refractivity contribution in [3.63, 3.8) is 0 Å². The number of hydrogen-bond acceptors (Lipinski definition) is 6. The van der Waals surface area contributed by atoms with Gasteiger partial charge in [-0.1, -0.05) is 30.7 Å². The van der Waals surface area contributed by atoms with Gasteiger partial charge in [0.1, 0.15) is 13.2 Å². The van der Waals surface area contributed by atoms with Crippen LogP contribution in [0.25, 0.3) is 0 Å². The quantitative estimate of drug-likeness (QED) is 0.310. The Kier molecular flexibility index (Phi) is 13.2. The molecule has 0 aliphatic carbocycles. The summed E-state index contributed by atoms with van der Waals surface area (Å²) in [5, 5.41) is 13.8. The minimum atomic E-state index is -1.21. The number of ether oxygens (including phenoxy) is 2. The van der Waals surface area contributed by atoms with E-state index in [1.54, 1.807) is 24.3 Å². The summed E-state index contributed by atoms with van der Waals surface area (Å²) in [6, 6.07) is 6.10. The number of nitrogens with one attached hydrogen (secondary N) is 1. The largest absolute Gasteiger partial charge is 1.00 e. The van der Waals surface area contributed by atoms with Crippen molar-refractivity contribution in [3.8, 4) is 0 Å². The molecular formula is C17H21ClNNaO6. The van der Waals surface area contributed by atoms with E-state index in [9.17, 15) is 19.5 Å². The monoisotopic (exact) mass is 393 g/mol. The second-order valence-corrected chi connectivity index (χ2v) is 5.70. The number of aliphatic carboxylic acids is 1. The molecule has 0 aromatic heterocycles. The van der Waals surface area contributed by atoms with E-state index in [0.29, 0.717) is 23.4 Å². The zero-order valence-corrected chi connectivity index (χ0v) is 17.7. The summed E-state index contributed by atoms with van der Waals surface area (Å²) in [5.41, 5.74) is 0.692. The number of carbonyl (C=O) groups is 3. The molecule has 0 saturated heterocycles. The summed E-state index contributed by atoms with van der Waals surface area (Å²) in [6.45, 7) is 1.74. The predicted octanol–water partition coefficient (Wildman–Crippen LogP) is -1.02. The Bertz CT molecular complexity index is 581. The molecule has 7 nitrogen and oxygen atoms in total. The summed E-state index contributed by atoms with van der Waals surface area (Å²) < 4.78 is 9.81. The third-order valence-corrected chi connectivity index (χ3v) is 3.49. The van der Waals surface area contributed by atoms with Gasteiger partial charge in [0.05, 0.1) is 6.04 Å². The van der Waals surface area contributed by atoms with Crippen LogP contribution in [0.5, 0.6) is 0 Å². The summed E-state index contributed by atoms with van der Waals surface area (Å²) in [7, 11) is 0. The van der Waals surface area contributed by atoms with Crippen LogP contribution in [0.2, 0.25) is 5.02 Å². The van der Waals surface area contributed by atoms with Gasteiger partial charge in [-0.3, -0.25) is 4.79 Å². The van der Waals surface area contributed by atoms with Crippen molar-refractivity contribution in [2.75, 3.05) is 13.2 Å². The molecule has 1 aromatic carbocycles. The van der Waals surface area contributed by atoms with E-state index >= 15 is 0 Å². The molecule has 0 bridgehead atoms. The molecule has 138 valence electrons. The Morgan fingerprint density at radius 3 is 2.31 bits per heavy atom. The summed E-state index contributed by atoms with van der Waals surface area (Å²) >= 11 is 5.82. The Labute approximate surface area is 179 Å². The number of carboxylic acids is 1. The molecule has 0 heterocycles. The van der Waals surface area contributed by atoms with E-state index in [-0.39, 0.29) is 61.6 Å². The molecule has 1 amide bonds. The van der Waals surface area contributed by atoms with Gasteiger partial charge >= 0.3 is 41.6 Å². The first-order valence-electron chi connectivity index (χ1n) is 7.96. The molecule has 1 N–H and O–H groups in total. The van der Waals surface area contributed by atoms with Gasteiger partial charge in [-0.15, -0.1) is 0 Å². The third-order valence-electron chi connectivity index (χ3n) is 3.24. The van der Waals surface area contributed by atoms with Crippen LogP contribution in [0, 0.1) is 0 Å². The molecule has 1 aromatic rings. The summed E-state index contributed by atoms with van der Waals surface area (Å²) in [5.74, 6) is -1.56. The maximum Gasteiger partial charge on any atom is 1.00 e. The number of carboxylic acid groups (broad SMARTS) is 1. The van der Waals surface area contributed by atoms with E-state index in [0.717, 1.165) is 0 Å². The van der Waals surface area contributed by atoms with Crippen molar-refractivity contribution >= 4 is 29.6 Å². The Balaban J connectivity index is 0.00000625. The van der Waals surface area contributed by atoms with Crippen molar-refractivity contribution in [2.45, 2.75) is 38.6 Å². The van der Waals surface area contributed by atoms with Crippen molar-refractivity contribution in [3.05, 3.63) is 34.9 Å². The minimum absolute atomic E-state index is 0. The van der Waals surface area contributed by atoms with Crippen molar-refractivity contribution in [2.24, 2.45) is 0 Å². The van der Waals surface area contributed by atoms with E-state index < -0.39 is 18.1 Å². The zero-order chi connectivity index (χ0) is 18.7. The Morgan fingerprint density at radius 1 is 1.12 bits per heavy atom. The molecule has 0 saturated carbocycles. The normalized spacial score (nSPS) is 11.0. The number of alkyl carbamates (subject to hydrolysis) is 1. The first-order chi connectivity index (χ1) is 11.9. The van der Waals surface area contributed by atoms with E-state index in [1.807, 2.05) is 6.92 Å².